The maximum absolute atomic E-state index is 13.1. The van der Waals surface area contributed by atoms with Crippen molar-refractivity contribution in [2.45, 2.75) is 13.3 Å². The van der Waals surface area contributed by atoms with Crippen LogP contribution in [-0.2, 0) is 4.74 Å². The molecule has 0 atom stereocenters. The zero-order valence-corrected chi connectivity index (χ0v) is 8.22. The number of H-pyrrole nitrogens is 1. The van der Waals surface area contributed by atoms with Crippen molar-refractivity contribution < 1.29 is 22.7 Å². The highest BCUT2D eigenvalue weighted by atomic mass is 19.3. The number of hydrogen-bond acceptors (Lipinski definition) is 3. The van der Waals surface area contributed by atoms with E-state index in [1.54, 1.807) is 0 Å². The molecule has 0 unspecified atom stereocenters. The monoisotopic (exact) mass is 235 g/mol. The molecule has 0 radical (unpaired) electrons. The first-order valence-corrected chi connectivity index (χ1v) is 4.35. The molecule has 0 saturated carbocycles. The first-order chi connectivity index (χ1) is 7.47. The molecule has 1 rings (SSSR count). The Morgan fingerprint density at radius 3 is 2.62 bits per heavy atom. The molecule has 0 aliphatic carbocycles. The lowest BCUT2D eigenvalue weighted by molar-refractivity contribution is 0.0517. The van der Waals surface area contributed by atoms with Gasteiger partial charge in [0.15, 0.2) is 0 Å². The third kappa shape index (κ3) is 2.41. The van der Waals surface area contributed by atoms with Gasteiger partial charge in [-0.2, -0.15) is 0 Å². The standard InChI is InChI=1S/C9H8F3NO3/c1-2-16-9(15)5-3-4(10)6(7(11)12)8(14)13-5/h3,7H,2H2,1H3,(H,13,14). The highest BCUT2D eigenvalue weighted by molar-refractivity contribution is 5.87. The molecule has 1 aromatic rings. The molecule has 7 heteroatoms. The number of rotatable bonds is 3. The van der Waals surface area contributed by atoms with Crippen LogP contribution in [-0.4, -0.2) is 17.6 Å². The maximum atomic E-state index is 13.1. The topological polar surface area (TPSA) is 59.2 Å². The Morgan fingerprint density at radius 2 is 2.19 bits per heavy atom. The third-order valence-electron chi connectivity index (χ3n) is 1.73. The van der Waals surface area contributed by atoms with Gasteiger partial charge in [-0.1, -0.05) is 0 Å². The number of carbonyl (C=O) groups is 1. The molecular weight excluding hydrogens is 227 g/mol. The predicted molar refractivity (Wildman–Crippen MR) is 47.9 cm³/mol. The van der Waals surface area contributed by atoms with Crippen molar-refractivity contribution in [3.63, 3.8) is 0 Å². The summed E-state index contributed by atoms with van der Waals surface area (Å²) in [7, 11) is 0. The van der Waals surface area contributed by atoms with Crippen molar-refractivity contribution in [3.05, 3.63) is 33.5 Å². The van der Waals surface area contributed by atoms with Gasteiger partial charge < -0.3 is 9.72 Å². The van der Waals surface area contributed by atoms with Crippen LogP contribution in [0.15, 0.2) is 10.9 Å². The molecule has 88 valence electrons. The number of alkyl halides is 2. The van der Waals surface area contributed by atoms with E-state index >= 15 is 0 Å². The first kappa shape index (κ1) is 12.3. The van der Waals surface area contributed by atoms with Gasteiger partial charge in [-0.15, -0.1) is 0 Å². The number of ether oxygens (including phenoxy) is 1. The Labute approximate surface area is 88.0 Å². The molecule has 0 aliphatic rings. The third-order valence-corrected chi connectivity index (χ3v) is 1.73. The van der Waals surface area contributed by atoms with E-state index in [2.05, 4.69) is 4.74 Å². The molecule has 1 aromatic heterocycles. The summed E-state index contributed by atoms with van der Waals surface area (Å²) in [5, 5.41) is 0. The Kier molecular flexibility index (Phi) is 3.70. The number of aromatic amines is 1. The molecule has 1 N–H and O–H groups in total. The smallest absolute Gasteiger partial charge is 0.354 e. The van der Waals surface area contributed by atoms with Gasteiger partial charge in [-0.25, -0.2) is 18.0 Å². The molecule has 0 aliphatic heterocycles. The lowest BCUT2D eigenvalue weighted by Crippen LogP contribution is -2.20. The van der Waals surface area contributed by atoms with E-state index in [4.69, 9.17) is 0 Å². The number of aromatic nitrogens is 1. The van der Waals surface area contributed by atoms with E-state index in [1.807, 2.05) is 4.98 Å². The van der Waals surface area contributed by atoms with Gasteiger partial charge in [0.05, 0.1) is 6.61 Å². The van der Waals surface area contributed by atoms with Crippen LogP contribution in [0.5, 0.6) is 0 Å². The minimum absolute atomic E-state index is 0.0269. The number of pyridine rings is 1. The summed E-state index contributed by atoms with van der Waals surface area (Å²) < 4.78 is 41.9. The van der Waals surface area contributed by atoms with Crippen molar-refractivity contribution in [1.82, 2.24) is 4.98 Å². The minimum atomic E-state index is -3.24. The van der Waals surface area contributed by atoms with Crippen molar-refractivity contribution in [1.29, 1.82) is 0 Å². The Balaban J connectivity index is 3.20. The van der Waals surface area contributed by atoms with Crippen LogP contribution in [0.4, 0.5) is 13.2 Å². The van der Waals surface area contributed by atoms with Gasteiger partial charge in [0.2, 0.25) is 0 Å². The van der Waals surface area contributed by atoms with Crippen LogP contribution < -0.4 is 5.56 Å². The number of carbonyl (C=O) groups excluding carboxylic acids is 1. The van der Waals surface area contributed by atoms with Gasteiger partial charge in [-0.3, -0.25) is 4.79 Å². The Bertz CT molecular complexity index is 456. The average Bonchev–Trinajstić information content (AvgIpc) is 2.16. The molecule has 0 aromatic carbocycles. The van der Waals surface area contributed by atoms with Crippen LogP contribution in [0.2, 0.25) is 0 Å². The molecule has 0 spiro atoms. The number of halogens is 3. The minimum Gasteiger partial charge on any atom is -0.461 e. The lowest BCUT2D eigenvalue weighted by atomic mass is 10.2. The van der Waals surface area contributed by atoms with Gasteiger partial charge in [-0.05, 0) is 6.92 Å². The van der Waals surface area contributed by atoms with Crippen molar-refractivity contribution in [2.24, 2.45) is 0 Å². The van der Waals surface area contributed by atoms with Crippen LogP contribution in [0.25, 0.3) is 0 Å². The Hall–Kier alpha value is -1.79. The molecule has 0 fully saturated rings. The maximum Gasteiger partial charge on any atom is 0.354 e. The lowest BCUT2D eigenvalue weighted by Gasteiger charge is -2.04. The van der Waals surface area contributed by atoms with E-state index in [-0.39, 0.29) is 6.61 Å². The van der Waals surface area contributed by atoms with Gasteiger partial charge >= 0.3 is 5.97 Å². The second-order valence-electron chi connectivity index (χ2n) is 2.79. The number of esters is 1. The number of nitrogens with one attached hydrogen (secondary N) is 1. The summed E-state index contributed by atoms with van der Waals surface area (Å²) >= 11 is 0. The summed E-state index contributed by atoms with van der Waals surface area (Å²) in [6, 6.07) is 0.515. The van der Waals surface area contributed by atoms with Crippen molar-refractivity contribution in [3.8, 4) is 0 Å². The highest BCUT2D eigenvalue weighted by Crippen LogP contribution is 2.18. The van der Waals surface area contributed by atoms with E-state index in [9.17, 15) is 22.8 Å². The van der Waals surface area contributed by atoms with E-state index < -0.39 is 35.0 Å². The van der Waals surface area contributed by atoms with Crippen LogP contribution in [0.3, 0.4) is 0 Å². The van der Waals surface area contributed by atoms with Gasteiger partial charge in [0, 0.05) is 6.07 Å². The van der Waals surface area contributed by atoms with Crippen LogP contribution >= 0.6 is 0 Å². The molecule has 4 nitrogen and oxygen atoms in total. The summed E-state index contributed by atoms with van der Waals surface area (Å²) in [4.78, 5) is 23.9. The second-order valence-corrected chi connectivity index (χ2v) is 2.79. The van der Waals surface area contributed by atoms with Crippen molar-refractivity contribution in [2.75, 3.05) is 6.61 Å². The zero-order valence-electron chi connectivity index (χ0n) is 8.22. The summed E-state index contributed by atoms with van der Waals surface area (Å²) in [6.07, 6.45) is -3.24. The fraction of sp³-hybridized carbons (Fsp3) is 0.333. The van der Waals surface area contributed by atoms with Crippen LogP contribution in [0.1, 0.15) is 29.4 Å². The van der Waals surface area contributed by atoms with E-state index in [0.717, 1.165) is 0 Å². The molecule has 0 amide bonds. The SMILES string of the molecule is CCOC(=O)c1cc(F)c(C(F)F)c(=O)[nH]1. The fourth-order valence-electron chi connectivity index (χ4n) is 1.06. The van der Waals surface area contributed by atoms with E-state index in [1.165, 1.54) is 6.92 Å². The number of hydrogen-bond donors (Lipinski definition) is 1. The Morgan fingerprint density at radius 1 is 1.56 bits per heavy atom. The van der Waals surface area contributed by atoms with Gasteiger partial charge in [0.25, 0.3) is 12.0 Å². The summed E-state index contributed by atoms with van der Waals surface area (Å²) in [5.74, 6) is -2.40. The molecule has 16 heavy (non-hydrogen) atoms. The normalized spacial score (nSPS) is 10.6. The zero-order chi connectivity index (χ0) is 12.3. The highest BCUT2D eigenvalue weighted by Gasteiger charge is 2.21. The van der Waals surface area contributed by atoms with Crippen molar-refractivity contribution >= 4 is 5.97 Å². The van der Waals surface area contributed by atoms with E-state index in [0.29, 0.717) is 6.07 Å². The fourth-order valence-corrected chi connectivity index (χ4v) is 1.06. The molecule has 0 saturated heterocycles. The van der Waals surface area contributed by atoms with Gasteiger partial charge in [0.1, 0.15) is 17.1 Å². The predicted octanol–water partition coefficient (Wildman–Crippen LogP) is 1.63. The first-order valence-electron chi connectivity index (χ1n) is 4.35. The molecular formula is C9H8F3NO3. The molecule has 0 bridgehead atoms. The average molecular weight is 235 g/mol. The summed E-state index contributed by atoms with van der Waals surface area (Å²) in [5.41, 5.74) is -3.11. The van der Waals surface area contributed by atoms with Crippen LogP contribution in [0, 0.1) is 5.82 Å². The second kappa shape index (κ2) is 4.82. The quantitative estimate of drug-likeness (QED) is 0.810. The summed E-state index contributed by atoms with van der Waals surface area (Å²) in [6.45, 7) is 1.54. The largest absolute Gasteiger partial charge is 0.461 e. The molecule has 1 heterocycles.